The van der Waals surface area contributed by atoms with Gasteiger partial charge in [0.2, 0.25) is 0 Å². The van der Waals surface area contributed by atoms with E-state index in [1.807, 2.05) is 0 Å². The highest BCUT2D eigenvalue weighted by Gasteiger charge is 2.18. The van der Waals surface area contributed by atoms with Crippen LogP contribution in [0.3, 0.4) is 0 Å². The van der Waals surface area contributed by atoms with Crippen LogP contribution in [0.2, 0.25) is 0 Å². The van der Waals surface area contributed by atoms with Gasteiger partial charge < -0.3 is 9.79 Å². The molecule has 0 fully saturated rings. The zero-order valence-corrected chi connectivity index (χ0v) is 6.88. The molecule has 0 aliphatic carbocycles. The maximum Gasteiger partial charge on any atom is 0.357 e. The fourth-order valence-electron chi connectivity index (χ4n) is 0.826. The van der Waals surface area contributed by atoms with Gasteiger partial charge in [-0.3, -0.25) is 4.57 Å². The summed E-state index contributed by atoms with van der Waals surface area (Å²) in [5, 5.41) is -0.0139. The molecule has 0 saturated heterocycles. The molecular formula is C7H8O3P. The van der Waals surface area contributed by atoms with Gasteiger partial charge in [0.1, 0.15) is 0 Å². The Balaban J connectivity index is 3.25. The van der Waals surface area contributed by atoms with Crippen LogP contribution in [0.15, 0.2) is 18.2 Å². The number of benzene rings is 1. The van der Waals surface area contributed by atoms with Crippen LogP contribution in [0.25, 0.3) is 0 Å². The van der Waals surface area contributed by atoms with Crippen LogP contribution in [0, 0.1) is 13.0 Å². The molecule has 0 bridgehead atoms. The Kier molecular flexibility index (Phi) is 2.14. The second kappa shape index (κ2) is 2.78. The van der Waals surface area contributed by atoms with Crippen molar-refractivity contribution >= 4 is 12.9 Å². The Hall–Kier alpha value is -0.630. The molecule has 2 N–H and O–H groups in total. The molecule has 1 aromatic rings. The van der Waals surface area contributed by atoms with Crippen LogP contribution < -0.4 is 5.30 Å². The van der Waals surface area contributed by atoms with Crippen LogP contribution in [0.5, 0.6) is 0 Å². The predicted octanol–water partition coefficient (Wildman–Crippen LogP) is 0.598. The molecule has 4 heteroatoms. The second-order valence-corrected chi connectivity index (χ2v) is 3.78. The van der Waals surface area contributed by atoms with E-state index in [0.717, 1.165) is 0 Å². The van der Waals surface area contributed by atoms with Crippen molar-refractivity contribution in [3.05, 3.63) is 29.8 Å². The quantitative estimate of drug-likeness (QED) is 0.608. The minimum Gasteiger partial charge on any atom is -0.321 e. The lowest BCUT2D eigenvalue weighted by atomic mass is 10.2. The maximum absolute atomic E-state index is 10.7. The van der Waals surface area contributed by atoms with E-state index >= 15 is 0 Å². The summed E-state index contributed by atoms with van der Waals surface area (Å²) in [7, 11) is -4.11. The lowest BCUT2D eigenvalue weighted by Gasteiger charge is -2.05. The van der Waals surface area contributed by atoms with Gasteiger partial charge in [-0.1, -0.05) is 18.2 Å². The molecule has 59 valence electrons. The third kappa shape index (κ3) is 1.90. The summed E-state index contributed by atoms with van der Waals surface area (Å²) in [5.41, 5.74) is 0.570. The fraction of sp³-hybridized carbons (Fsp3) is 0.143. The standard InChI is InChI=1S/C7H8O3P/c1-6-4-2-3-5-7(6)11(8,9)10/h2-4H,1H3,(H2,8,9,10). The molecule has 0 atom stereocenters. The van der Waals surface area contributed by atoms with E-state index in [1.54, 1.807) is 19.1 Å². The van der Waals surface area contributed by atoms with Crippen molar-refractivity contribution in [3.8, 4) is 0 Å². The van der Waals surface area contributed by atoms with Crippen molar-refractivity contribution in [2.45, 2.75) is 6.92 Å². The molecule has 0 heterocycles. The Morgan fingerprint density at radius 3 is 2.55 bits per heavy atom. The summed E-state index contributed by atoms with van der Waals surface area (Å²) in [6.45, 7) is 1.64. The Labute approximate surface area is 64.8 Å². The van der Waals surface area contributed by atoms with Crippen LogP contribution in [0.1, 0.15) is 5.56 Å². The molecule has 1 radical (unpaired) electrons. The zero-order valence-electron chi connectivity index (χ0n) is 5.98. The minimum absolute atomic E-state index is 0.0139. The summed E-state index contributed by atoms with van der Waals surface area (Å²) in [5.74, 6) is 0. The Morgan fingerprint density at radius 2 is 2.18 bits per heavy atom. The number of rotatable bonds is 1. The van der Waals surface area contributed by atoms with Gasteiger partial charge in [-0.25, -0.2) is 0 Å². The minimum atomic E-state index is -4.11. The highest BCUT2D eigenvalue weighted by molar-refractivity contribution is 7.60. The summed E-state index contributed by atoms with van der Waals surface area (Å²) in [6.07, 6.45) is 0. The van der Waals surface area contributed by atoms with Crippen LogP contribution in [-0.4, -0.2) is 9.79 Å². The van der Waals surface area contributed by atoms with Gasteiger partial charge in [-0.05, 0) is 18.6 Å². The molecule has 0 aliphatic rings. The monoisotopic (exact) mass is 171 g/mol. The average Bonchev–Trinajstić information content (AvgIpc) is 1.86. The number of hydrogen-bond donors (Lipinski definition) is 2. The van der Waals surface area contributed by atoms with E-state index < -0.39 is 7.60 Å². The fourth-order valence-corrected chi connectivity index (χ4v) is 1.60. The third-order valence-corrected chi connectivity index (χ3v) is 2.39. The first kappa shape index (κ1) is 8.47. The predicted molar refractivity (Wildman–Crippen MR) is 41.7 cm³/mol. The Bertz CT molecular complexity index is 302. The molecule has 0 aliphatic heterocycles. The summed E-state index contributed by atoms with van der Waals surface area (Å²) < 4.78 is 10.7. The Morgan fingerprint density at radius 1 is 1.55 bits per heavy atom. The third-order valence-electron chi connectivity index (χ3n) is 1.33. The molecule has 0 aromatic heterocycles. The van der Waals surface area contributed by atoms with Crippen LogP contribution in [0.4, 0.5) is 0 Å². The molecule has 0 spiro atoms. The van der Waals surface area contributed by atoms with Crippen molar-refractivity contribution in [3.63, 3.8) is 0 Å². The lowest BCUT2D eigenvalue weighted by molar-refractivity contribution is 0.387. The van der Waals surface area contributed by atoms with Gasteiger partial charge in [-0.15, -0.1) is 0 Å². The summed E-state index contributed by atoms with van der Waals surface area (Å²) >= 11 is 0. The first-order chi connectivity index (χ1) is 5.02. The van der Waals surface area contributed by atoms with Gasteiger partial charge in [0.15, 0.2) is 0 Å². The molecule has 0 saturated carbocycles. The van der Waals surface area contributed by atoms with Crippen LogP contribution in [-0.2, 0) is 4.57 Å². The topological polar surface area (TPSA) is 57.5 Å². The lowest BCUT2D eigenvalue weighted by Crippen LogP contribution is -2.07. The SMILES string of the molecule is Cc1ccc[c]c1P(=O)(O)O. The zero-order chi connectivity index (χ0) is 8.48. The van der Waals surface area contributed by atoms with E-state index in [4.69, 9.17) is 9.79 Å². The highest BCUT2D eigenvalue weighted by atomic mass is 31.2. The van der Waals surface area contributed by atoms with Crippen molar-refractivity contribution in [2.24, 2.45) is 0 Å². The molecule has 1 aromatic carbocycles. The summed E-state index contributed by atoms with van der Waals surface area (Å²) in [4.78, 5) is 17.5. The number of aryl methyl sites for hydroxylation is 1. The normalized spacial score (nSPS) is 11.5. The molecule has 11 heavy (non-hydrogen) atoms. The van der Waals surface area contributed by atoms with Crippen LogP contribution >= 0.6 is 7.60 Å². The first-order valence-electron chi connectivity index (χ1n) is 3.05. The van der Waals surface area contributed by atoms with Crippen molar-refractivity contribution in [1.82, 2.24) is 0 Å². The first-order valence-corrected chi connectivity index (χ1v) is 4.66. The van der Waals surface area contributed by atoms with E-state index in [0.29, 0.717) is 5.56 Å². The van der Waals surface area contributed by atoms with Gasteiger partial charge in [0.05, 0.1) is 5.30 Å². The van der Waals surface area contributed by atoms with Crippen molar-refractivity contribution < 1.29 is 14.4 Å². The molecule has 0 unspecified atom stereocenters. The second-order valence-electron chi connectivity index (χ2n) is 2.25. The summed E-state index contributed by atoms with van der Waals surface area (Å²) in [6, 6.07) is 7.33. The molecular weight excluding hydrogens is 163 g/mol. The average molecular weight is 171 g/mol. The largest absolute Gasteiger partial charge is 0.357 e. The molecule has 0 amide bonds. The van der Waals surface area contributed by atoms with E-state index in [1.165, 1.54) is 6.07 Å². The van der Waals surface area contributed by atoms with Gasteiger partial charge >= 0.3 is 7.60 Å². The molecule has 3 nitrogen and oxygen atoms in total. The van der Waals surface area contributed by atoms with E-state index in [-0.39, 0.29) is 5.30 Å². The van der Waals surface area contributed by atoms with Crippen molar-refractivity contribution in [2.75, 3.05) is 0 Å². The van der Waals surface area contributed by atoms with Crippen molar-refractivity contribution in [1.29, 1.82) is 0 Å². The smallest absolute Gasteiger partial charge is 0.321 e. The highest BCUT2D eigenvalue weighted by Crippen LogP contribution is 2.33. The maximum atomic E-state index is 10.7. The van der Waals surface area contributed by atoms with E-state index in [9.17, 15) is 4.57 Å². The van der Waals surface area contributed by atoms with Gasteiger partial charge in [0.25, 0.3) is 0 Å². The van der Waals surface area contributed by atoms with E-state index in [2.05, 4.69) is 6.07 Å². The van der Waals surface area contributed by atoms with Gasteiger partial charge in [0, 0.05) is 0 Å². The number of hydrogen-bond acceptors (Lipinski definition) is 1. The van der Waals surface area contributed by atoms with Gasteiger partial charge in [-0.2, -0.15) is 0 Å². The molecule has 1 rings (SSSR count).